The lowest BCUT2D eigenvalue weighted by Gasteiger charge is -2.23. The van der Waals surface area contributed by atoms with E-state index in [0.29, 0.717) is 24.6 Å². The SMILES string of the molecule is CN(CCCC(=O)O)C(=O)CC1CCCCS1. The molecule has 0 aliphatic carbocycles. The van der Waals surface area contributed by atoms with Crippen LogP contribution >= 0.6 is 11.8 Å². The first-order valence-corrected chi connectivity index (χ1v) is 7.22. The molecule has 0 aromatic carbocycles. The Hall–Kier alpha value is -0.710. The summed E-state index contributed by atoms with van der Waals surface area (Å²) >= 11 is 1.90. The molecule has 0 bridgehead atoms. The lowest BCUT2D eigenvalue weighted by atomic mass is 10.1. The molecule has 1 amide bonds. The second-order valence-corrected chi connectivity index (χ2v) is 5.91. The van der Waals surface area contributed by atoms with E-state index in [9.17, 15) is 9.59 Å². The van der Waals surface area contributed by atoms with Crippen LogP contribution in [0.25, 0.3) is 0 Å². The molecular weight excluding hydrogens is 238 g/mol. The topological polar surface area (TPSA) is 57.6 Å². The largest absolute Gasteiger partial charge is 0.481 e. The van der Waals surface area contributed by atoms with Gasteiger partial charge in [0.2, 0.25) is 5.91 Å². The second kappa shape index (κ2) is 7.58. The highest BCUT2D eigenvalue weighted by Crippen LogP contribution is 2.27. The third kappa shape index (κ3) is 5.96. The van der Waals surface area contributed by atoms with Crippen LogP contribution in [0.4, 0.5) is 0 Å². The Balaban J connectivity index is 2.18. The molecule has 1 aliphatic rings. The molecule has 1 rings (SSSR count). The molecule has 1 atom stereocenters. The first-order chi connectivity index (χ1) is 8.09. The third-order valence-electron chi connectivity index (χ3n) is 2.99. The fourth-order valence-corrected chi connectivity index (χ4v) is 3.21. The number of carbonyl (C=O) groups excluding carboxylic acids is 1. The van der Waals surface area contributed by atoms with Crippen molar-refractivity contribution in [2.75, 3.05) is 19.3 Å². The monoisotopic (exact) mass is 259 g/mol. The number of carbonyl (C=O) groups is 2. The van der Waals surface area contributed by atoms with Crippen LogP contribution in [0.2, 0.25) is 0 Å². The molecule has 0 aromatic rings. The van der Waals surface area contributed by atoms with Gasteiger partial charge in [0, 0.05) is 31.7 Å². The van der Waals surface area contributed by atoms with Gasteiger partial charge >= 0.3 is 5.97 Å². The highest BCUT2D eigenvalue weighted by molar-refractivity contribution is 7.99. The van der Waals surface area contributed by atoms with Crippen LogP contribution in [0.5, 0.6) is 0 Å². The molecule has 1 saturated heterocycles. The fourth-order valence-electron chi connectivity index (χ4n) is 1.91. The standard InChI is InChI=1S/C12H21NO3S/c1-13(7-4-6-12(15)16)11(14)9-10-5-2-3-8-17-10/h10H,2-9H2,1H3,(H,15,16). The van der Waals surface area contributed by atoms with E-state index in [1.54, 1.807) is 11.9 Å². The van der Waals surface area contributed by atoms with Crippen molar-refractivity contribution in [3.8, 4) is 0 Å². The smallest absolute Gasteiger partial charge is 0.303 e. The van der Waals surface area contributed by atoms with Gasteiger partial charge in [0.1, 0.15) is 0 Å². The number of carboxylic acid groups (broad SMARTS) is 1. The van der Waals surface area contributed by atoms with Gasteiger partial charge < -0.3 is 10.0 Å². The average Bonchev–Trinajstić information content (AvgIpc) is 2.29. The van der Waals surface area contributed by atoms with Crippen LogP contribution in [0.15, 0.2) is 0 Å². The van der Waals surface area contributed by atoms with E-state index in [4.69, 9.17) is 5.11 Å². The molecule has 0 radical (unpaired) electrons. The lowest BCUT2D eigenvalue weighted by molar-refractivity contribution is -0.138. The molecule has 0 saturated carbocycles. The molecule has 17 heavy (non-hydrogen) atoms. The minimum Gasteiger partial charge on any atom is -0.481 e. The molecule has 0 aromatic heterocycles. The predicted octanol–water partition coefficient (Wildman–Crippen LogP) is 1.99. The molecule has 5 heteroatoms. The first kappa shape index (κ1) is 14.4. The zero-order valence-electron chi connectivity index (χ0n) is 10.4. The van der Waals surface area contributed by atoms with Gasteiger partial charge in [0.15, 0.2) is 0 Å². The Morgan fingerprint density at radius 1 is 1.41 bits per heavy atom. The molecular formula is C12H21NO3S. The number of aliphatic carboxylic acids is 1. The van der Waals surface area contributed by atoms with Crippen LogP contribution in [-0.2, 0) is 9.59 Å². The zero-order valence-corrected chi connectivity index (χ0v) is 11.2. The van der Waals surface area contributed by atoms with Crippen molar-refractivity contribution in [3.63, 3.8) is 0 Å². The number of hydrogen-bond acceptors (Lipinski definition) is 3. The van der Waals surface area contributed by atoms with Crippen molar-refractivity contribution in [2.24, 2.45) is 0 Å². The average molecular weight is 259 g/mol. The van der Waals surface area contributed by atoms with Gasteiger partial charge in [-0.05, 0) is 25.0 Å². The van der Waals surface area contributed by atoms with E-state index in [-0.39, 0.29) is 12.3 Å². The van der Waals surface area contributed by atoms with Crippen molar-refractivity contribution in [1.82, 2.24) is 4.90 Å². The van der Waals surface area contributed by atoms with Crippen LogP contribution in [0.3, 0.4) is 0 Å². The van der Waals surface area contributed by atoms with E-state index in [0.717, 1.165) is 6.42 Å². The highest BCUT2D eigenvalue weighted by atomic mass is 32.2. The van der Waals surface area contributed by atoms with Crippen molar-refractivity contribution < 1.29 is 14.7 Å². The summed E-state index contributed by atoms with van der Waals surface area (Å²) < 4.78 is 0. The van der Waals surface area contributed by atoms with Crippen molar-refractivity contribution in [3.05, 3.63) is 0 Å². The molecule has 98 valence electrons. The minimum absolute atomic E-state index is 0.135. The Bertz CT molecular complexity index is 264. The van der Waals surface area contributed by atoms with E-state index in [1.165, 1.54) is 18.6 Å². The van der Waals surface area contributed by atoms with E-state index >= 15 is 0 Å². The maximum Gasteiger partial charge on any atom is 0.303 e. The quantitative estimate of drug-likeness (QED) is 0.792. The summed E-state index contributed by atoms with van der Waals surface area (Å²) in [5, 5.41) is 8.99. The van der Waals surface area contributed by atoms with Gasteiger partial charge in [-0.3, -0.25) is 9.59 Å². The van der Waals surface area contributed by atoms with Crippen LogP contribution in [0, 0.1) is 0 Å². The van der Waals surface area contributed by atoms with Gasteiger partial charge in [0.25, 0.3) is 0 Å². The number of nitrogens with zero attached hydrogens (tertiary/aromatic N) is 1. The number of carboxylic acids is 1. The van der Waals surface area contributed by atoms with Gasteiger partial charge in [-0.15, -0.1) is 0 Å². The lowest BCUT2D eigenvalue weighted by Crippen LogP contribution is -2.31. The number of amides is 1. The molecule has 1 heterocycles. The number of thioether (sulfide) groups is 1. The second-order valence-electron chi connectivity index (χ2n) is 4.51. The zero-order chi connectivity index (χ0) is 12.7. The number of hydrogen-bond donors (Lipinski definition) is 1. The van der Waals surface area contributed by atoms with Gasteiger partial charge in [0.05, 0.1) is 0 Å². The molecule has 4 nitrogen and oxygen atoms in total. The molecule has 0 spiro atoms. The molecule has 1 aliphatic heterocycles. The molecule has 1 fully saturated rings. The Morgan fingerprint density at radius 3 is 2.76 bits per heavy atom. The molecule has 1 N–H and O–H groups in total. The Kier molecular flexibility index (Phi) is 6.40. The van der Waals surface area contributed by atoms with Gasteiger partial charge in [-0.1, -0.05) is 6.42 Å². The molecule has 1 unspecified atom stereocenters. The highest BCUT2D eigenvalue weighted by Gasteiger charge is 2.19. The first-order valence-electron chi connectivity index (χ1n) is 6.17. The summed E-state index contributed by atoms with van der Waals surface area (Å²) in [5.74, 6) is 0.518. The maximum absolute atomic E-state index is 11.9. The maximum atomic E-state index is 11.9. The summed E-state index contributed by atoms with van der Waals surface area (Å²) in [5.41, 5.74) is 0. The van der Waals surface area contributed by atoms with E-state index in [1.807, 2.05) is 11.8 Å². The van der Waals surface area contributed by atoms with Crippen molar-refractivity contribution in [2.45, 2.75) is 43.8 Å². The van der Waals surface area contributed by atoms with Crippen LogP contribution < -0.4 is 0 Å². The Labute approximate surface area is 107 Å². The third-order valence-corrected chi connectivity index (χ3v) is 4.38. The summed E-state index contributed by atoms with van der Waals surface area (Å²) in [4.78, 5) is 23.9. The van der Waals surface area contributed by atoms with Gasteiger partial charge in [-0.2, -0.15) is 11.8 Å². The van der Waals surface area contributed by atoms with E-state index < -0.39 is 5.97 Å². The summed E-state index contributed by atoms with van der Waals surface area (Å²) in [7, 11) is 1.76. The fraction of sp³-hybridized carbons (Fsp3) is 0.833. The summed E-state index contributed by atoms with van der Waals surface area (Å²) in [6.45, 7) is 0.544. The van der Waals surface area contributed by atoms with Crippen molar-refractivity contribution >= 4 is 23.6 Å². The van der Waals surface area contributed by atoms with Gasteiger partial charge in [-0.25, -0.2) is 0 Å². The minimum atomic E-state index is -0.798. The summed E-state index contributed by atoms with van der Waals surface area (Å²) in [6.07, 6.45) is 4.91. The Morgan fingerprint density at radius 2 is 2.18 bits per heavy atom. The predicted molar refractivity (Wildman–Crippen MR) is 69.2 cm³/mol. The van der Waals surface area contributed by atoms with Crippen LogP contribution in [0.1, 0.15) is 38.5 Å². The number of rotatable bonds is 6. The normalized spacial score (nSPS) is 19.9. The summed E-state index contributed by atoms with van der Waals surface area (Å²) in [6, 6.07) is 0. The van der Waals surface area contributed by atoms with E-state index in [2.05, 4.69) is 0 Å². The van der Waals surface area contributed by atoms with Crippen LogP contribution in [-0.4, -0.2) is 46.5 Å². The van der Waals surface area contributed by atoms with Crippen molar-refractivity contribution in [1.29, 1.82) is 0 Å².